The monoisotopic (exact) mass is 1570 g/mol. The van der Waals surface area contributed by atoms with Crippen LogP contribution in [0.4, 0.5) is 0 Å². The molecule has 0 aliphatic heterocycles. The molecule has 0 saturated carbocycles. The van der Waals surface area contributed by atoms with E-state index in [1.165, 1.54) is 96.1 Å². The third-order valence-corrected chi connectivity index (χ3v) is 25.9. The lowest BCUT2D eigenvalue weighted by molar-refractivity contribution is 1.07. The summed E-state index contributed by atoms with van der Waals surface area (Å²) in [6, 6.07) is 142. The molecule has 0 spiro atoms. The average Bonchev–Trinajstić information content (AvgIpc) is 1.55. The number of rotatable bonds is 11. The fraction of sp³-hybridized carbons (Fsp3) is 0. The summed E-state index contributed by atoms with van der Waals surface area (Å²) in [7, 11) is 0. The van der Waals surface area contributed by atoms with Gasteiger partial charge in [-0.15, -0.1) is 22.7 Å². The molecule has 25 rings (SSSR count). The van der Waals surface area contributed by atoms with Crippen molar-refractivity contribution in [2.24, 2.45) is 0 Å². The topological polar surface area (TPSA) is 97.1 Å². The predicted octanol–water partition coefficient (Wildman–Crippen LogP) is 28.5. The third-order valence-electron chi connectivity index (χ3n) is 23.5. The number of aromatic nitrogens is 10. The molecule has 0 aliphatic rings. The van der Waals surface area contributed by atoms with Crippen LogP contribution in [0.25, 0.3) is 230 Å². The Morgan fingerprint density at radius 2 is 0.517 bits per heavy atom. The highest BCUT2D eigenvalue weighted by atomic mass is 32.1. The van der Waals surface area contributed by atoms with E-state index < -0.39 is 0 Å². The average molecular weight is 1570 g/mol. The Labute approximate surface area is 696 Å². The van der Waals surface area contributed by atoms with Crippen molar-refractivity contribution < 1.29 is 0 Å². The van der Waals surface area contributed by atoms with Crippen molar-refractivity contribution in [1.29, 1.82) is 0 Å². The van der Waals surface area contributed by atoms with Gasteiger partial charge < -0.3 is 18.3 Å². The maximum atomic E-state index is 5.25. The van der Waals surface area contributed by atoms with Gasteiger partial charge in [0.25, 0.3) is 0 Å². The van der Waals surface area contributed by atoms with E-state index in [4.69, 9.17) is 29.9 Å². The first kappa shape index (κ1) is 68.8. The van der Waals surface area contributed by atoms with E-state index in [0.717, 1.165) is 98.7 Å². The molecule has 12 heteroatoms. The van der Waals surface area contributed by atoms with Crippen molar-refractivity contribution in [3.05, 3.63) is 400 Å². The molecule has 0 N–H and O–H groups in total. The molecule has 120 heavy (non-hydrogen) atoms. The Morgan fingerprint density at radius 3 is 1.02 bits per heavy atom. The van der Waals surface area contributed by atoms with Gasteiger partial charge in [0.05, 0.1) is 44.1 Å². The van der Waals surface area contributed by atoms with Gasteiger partial charge in [0.2, 0.25) is 0 Å². The molecule has 17 aromatic carbocycles. The summed E-state index contributed by atoms with van der Waals surface area (Å²) in [6.07, 6.45) is 0. The second-order valence-corrected chi connectivity index (χ2v) is 32.5. The van der Waals surface area contributed by atoms with E-state index in [1.54, 1.807) is 22.7 Å². The molecule has 0 fully saturated rings. The van der Waals surface area contributed by atoms with Crippen LogP contribution < -0.4 is 0 Å². The normalized spacial score (nSPS) is 11.8. The van der Waals surface area contributed by atoms with Crippen molar-refractivity contribution >= 4 is 150 Å². The van der Waals surface area contributed by atoms with Crippen molar-refractivity contribution in [3.8, 4) is 102 Å². The number of hydrogen-bond acceptors (Lipinski definition) is 8. The molecule has 25 aromatic rings. The summed E-state index contributed by atoms with van der Waals surface area (Å²) in [5.74, 6) is 3.89. The molecular weight excluding hydrogens is 1500 g/mol. The molecule has 0 unspecified atom stereocenters. The van der Waals surface area contributed by atoms with Crippen LogP contribution in [-0.2, 0) is 0 Å². The molecular formula is C108H66N10S2. The fourth-order valence-corrected chi connectivity index (χ4v) is 20.5. The van der Waals surface area contributed by atoms with Gasteiger partial charge in [-0.3, -0.25) is 0 Å². The van der Waals surface area contributed by atoms with Crippen molar-refractivity contribution in [3.63, 3.8) is 0 Å². The van der Waals surface area contributed by atoms with Gasteiger partial charge in [-0.05, 0) is 132 Å². The molecule has 0 saturated heterocycles. The first-order valence-electron chi connectivity index (χ1n) is 40.3. The largest absolute Gasteiger partial charge is 0.309 e. The van der Waals surface area contributed by atoms with E-state index in [-0.39, 0.29) is 0 Å². The maximum Gasteiger partial charge on any atom is 0.165 e. The highest BCUT2D eigenvalue weighted by Gasteiger charge is 2.27. The van der Waals surface area contributed by atoms with Gasteiger partial charge in [-0.2, -0.15) is 0 Å². The summed E-state index contributed by atoms with van der Waals surface area (Å²) < 4.78 is 14.4. The van der Waals surface area contributed by atoms with Gasteiger partial charge in [-0.25, -0.2) is 29.9 Å². The first-order chi connectivity index (χ1) is 59.5. The number of thiophene rings is 2. The minimum atomic E-state index is 0.645. The molecule has 0 bridgehead atoms. The molecule has 0 atom stereocenters. The smallest absolute Gasteiger partial charge is 0.165 e. The number of hydrogen-bond donors (Lipinski definition) is 0. The Balaban J connectivity index is 0.000000137. The minimum absolute atomic E-state index is 0.645. The predicted molar refractivity (Wildman–Crippen MR) is 501 cm³/mol. The molecule has 8 heterocycles. The highest BCUT2D eigenvalue weighted by Crippen LogP contribution is 2.49. The van der Waals surface area contributed by atoms with Gasteiger partial charge in [0.15, 0.2) is 34.9 Å². The maximum absolute atomic E-state index is 5.25. The van der Waals surface area contributed by atoms with E-state index in [0.29, 0.717) is 34.9 Å². The second kappa shape index (κ2) is 28.1. The van der Waals surface area contributed by atoms with Crippen molar-refractivity contribution in [2.45, 2.75) is 0 Å². The second-order valence-electron chi connectivity index (χ2n) is 30.4. The molecule has 8 aromatic heterocycles. The summed E-state index contributed by atoms with van der Waals surface area (Å²) >= 11 is 3.58. The molecule has 0 aliphatic carbocycles. The fourth-order valence-electron chi connectivity index (χ4n) is 18.1. The molecule has 10 nitrogen and oxygen atoms in total. The van der Waals surface area contributed by atoms with Gasteiger partial charge in [0, 0.05) is 140 Å². The number of fused-ring (bicyclic) bond motifs is 19. The lowest BCUT2D eigenvalue weighted by atomic mass is 9.97. The van der Waals surface area contributed by atoms with E-state index in [2.05, 4.69) is 346 Å². The first-order valence-corrected chi connectivity index (χ1v) is 41.9. The van der Waals surface area contributed by atoms with Crippen LogP contribution in [0.2, 0.25) is 0 Å². The molecule has 560 valence electrons. The number of nitrogens with zero attached hydrogens (tertiary/aromatic N) is 10. The van der Waals surface area contributed by atoms with Crippen LogP contribution in [0.5, 0.6) is 0 Å². The Hall–Kier alpha value is -15.6. The van der Waals surface area contributed by atoms with E-state index in [1.807, 2.05) is 72.8 Å². The van der Waals surface area contributed by atoms with Crippen LogP contribution in [0.1, 0.15) is 0 Å². The SMILES string of the molecule is c1ccc(-c2nc(-c3ccccc3)nc(-c3cc(-c4ccc5c(c4)c4cc6c7ccccc7n(-c7ccccc7)c6cc4n5-c4ccccc4)cc4c3sc3ccccc34)n2)cc1.c1ccc(-c2nc(-c3ccccc3)nc(-c3cc(-n4c5ccccc5c5c4ccc4c6ccccc6n(-c6ccccc6)c45)cc4c3sc3ccccc34)n2)cc1. The lowest BCUT2D eigenvalue weighted by Crippen LogP contribution is -2.01. The van der Waals surface area contributed by atoms with Crippen molar-refractivity contribution in [1.82, 2.24) is 48.2 Å². The zero-order valence-electron chi connectivity index (χ0n) is 64.4. The summed E-state index contributed by atoms with van der Waals surface area (Å²) in [5, 5.41) is 14.6. The Kier molecular flexibility index (Phi) is 16.1. The lowest BCUT2D eigenvalue weighted by Gasteiger charge is -2.13. The zero-order chi connectivity index (χ0) is 78.9. The summed E-state index contributed by atoms with van der Waals surface area (Å²) in [4.78, 5) is 31.0. The number of para-hydroxylation sites is 6. The minimum Gasteiger partial charge on any atom is -0.309 e. The van der Waals surface area contributed by atoms with Crippen LogP contribution in [0.3, 0.4) is 0 Å². The quantitative estimate of drug-likeness (QED) is 0.128. The number of benzene rings is 17. The standard InChI is InChI=1S/C57H35N5S.C51H31N5S/c1-5-17-36(18-6-1)55-58-56(37-19-7-2-8-20-37)60-57(59-55)48-33-39(32-47-43-26-14-16-28-53(43)63-54(47)48)38-29-30-50-44(31-38)46-34-45-42-25-13-15-27-49(42)61(40-21-9-3-10-22-40)51(45)35-52(46)62(50)41-23-11-4-12-24-41;1-4-16-32(17-5-1)49-52-50(33-18-6-2-7-19-33)54-51(53-49)41-31-35(30-40-37-23-12-15-27-45(37)57-48(40)41)55-43-26-14-11-24-39(43)46-44(55)29-28-38-36-22-10-13-25-42(36)56(47(38)46)34-20-8-3-9-21-34/h1-35H;1-31H. The highest BCUT2D eigenvalue weighted by molar-refractivity contribution is 7.26. The molecule has 0 radical (unpaired) electrons. The van der Waals surface area contributed by atoms with Gasteiger partial charge in [-0.1, -0.05) is 279 Å². The Morgan fingerprint density at radius 1 is 0.175 bits per heavy atom. The van der Waals surface area contributed by atoms with Gasteiger partial charge in [0.1, 0.15) is 0 Å². The zero-order valence-corrected chi connectivity index (χ0v) is 66.0. The Bertz CT molecular complexity index is 8270. The summed E-state index contributed by atoms with van der Waals surface area (Å²) in [5.41, 5.74) is 21.8. The van der Waals surface area contributed by atoms with Crippen LogP contribution in [0.15, 0.2) is 400 Å². The van der Waals surface area contributed by atoms with E-state index in [9.17, 15) is 0 Å². The van der Waals surface area contributed by atoms with Crippen LogP contribution >= 0.6 is 22.7 Å². The van der Waals surface area contributed by atoms with Gasteiger partial charge >= 0.3 is 0 Å². The third kappa shape index (κ3) is 11.3. The summed E-state index contributed by atoms with van der Waals surface area (Å²) in [6.45, 7) is 0. The van der Waals surface area contributed by atoms with Crippen molar-refractivity contribution in [2.75, 3.05) is 0 Å². The van der Waals surface area contributed by atoms with Crippen LogP contribution in [-0.4, -0.2) is 48.2 Å². The van der Waals surface area contributed by atoms with Crippen LogP contribution in [0, 0.1) is 0 Å². The molecule has 0 amide bonds. The van der Waals surface area contributed by atoms with E-state index >= 15 is 0 Å².